The molecule has 0 aliphatic carbocycles. The van der Waals surface area contributed by atoms with Crippen LogP contribution in [0.1, 0.15) is 31.7 Å². The second kappa shape index (κ2) is 9.28. The van der Waals surface area contributed by atoms with Crippen molar-refractivity contribution in [3.8, 4) is 0 Å². The molecule has 27 heavy (non-hydrogen) atoms. The molecular weight excluding hydrogens is 347 g/mol. The second-order valence-corrected chi connectivity index (χ2v) is 7.39. The maximum atomic E-state index is 12.9. The highest BCUT2D eigenvalue weighted by Gasteiger charge is 2.32. The second-order valence-electron chi connectivity index (χ2n) is 7.39. The molecular formula is C20H29FN4O2. The lowest BCUT2D eigenvalue weighted by Gasteiger charge is -2.40. The largest absolute Gasteiger partial charge is 0.355 e. The molecule has 3 rings (SSSR count). The third kappa shape index (κ3) is 5.26. The number of carbonyl (C=O) groups excluding carboxylic acids is 2. The van der Waals surface area contributed by atoms with E-state index in [1.807, 2.05) is 6.92 Å². The fourth-order valence-electron chi connectivity index (χ4n) is 3.81. The first kappa shape index (κ1) is 19.8. The number of piperazine rings is 1. The zero-order valence-corrected chi connectivity index (χ0v) is 15.9. The van der Waals surface area contributed by atoms with Crippen LogP contribution < -0.4 is 10.6 Å². The van der Waals surface area contributed by atoms with Crippen molar-refractivity contribution in [2.45, 2.75) is 44.8 Å². The van der Waals surface area contributed by atoms with E-state index in [0.29, 0.717) is 6.54 Å². The van der Waals surface area contributed by atoms with Gasteiger partial charge in [0.15, 0.2) is 0 Å². The van der Waals surface area contributed by atoms with Gasteiger partial charge in [0.05, 0.1) is 12.1 Å². The lowest BCUT2D eigenvalue weighted by Crippen LogP contribution is -2.57. The van der Waals surface area contributed by atoms with E-state index in [9.17, 15) is 14.0 Å². The van der Waals surface area contributed by atoms with E-state index in [-0.39, 0.29) is 29.7 Å². The average molecular weight is 376 g/mol. The van der Waals surface area contributed by atoms with Crippen molar-refractivity contribution in [2.24, 2.45) is 0 Å². The molecule has 0 radical (unpaired) electrons. The summed E-state index contributed by atoms with van der Waals surface area (Å²) in [6.45, 7) is 6.23. The van der Waals surface area contributed by atoms with Crippen LogP contribution in [-0.2, 0) is 16.1 Å². The lowest BCUT2D eigenvalue weighted by molar-refractivity contribution is -0.130. The van der Waals surface area contributed by atoms with E-state index in [0.717, 1.165) is 57.5 Å². The maximum Gasteiger partial charge on any atom is 0.237 e. The van der Waals surface area contributed by atoms with Crippen LogP contribution in [0.4, 0.5) is 4.39 Å². The van der Waals surface area contributed by atoms with Gasteiger partial charge in [-0.1, -0.05) is 12.1 Å². The monoisotopic (exact) mass is 376 g/mol. The van der Waals surface area contributed by atoms with E-state index in [1.165, 1.54) is 12.1 Å². The molecule has 2 N–H and O–H groups in total. The summed E-state index contributed by atoms with van der Waals surface area (Å²) < 4.78 is 12.9. The summed E-state index contributed by atoms with van der Waals surface area (Å²) in [4.78, 5) is 29.1. The molecule has 2 heterocycles. The minimum Gasteiger partial charge on any atom is -0.355 e. The smallest absolute Gasteiger partial charge is 0.237 e. The molecule has 1 aromatic rings. The Morgan fingerprint density at radius 1 is 1.22 bits per heavy atom. The number of carbonyl (C=O) groups is 2. The van der Waals surface area contributed by atoms with Crippen molar-refractivity contribution in [3.05, 3.63) is 35.6 Å². The van der Waals surface area contributed by atoms with E-state index >= 15 is 0 Å². The third-order valence-corrected chi connectivity index (χ3v) is 5.60. The number of halogens is 1. The summed E-state index contributed by atoms with van der Waals surface area (Å²) in [5, 5.41) is 5.92. The molecule has 2 aliphatic rings. The van der Waals surface area contributed by atoms with Gasteiger partial charge in [-0.05, 0) is 43.9 Å². The number of hydrogen-bond donors (Lipinski definition) is 2. The fourth-order valence-corrected chi connectivity index (χ4v) is 3.81. The Bertz CT molecular complexity index is 644. The minimum absolute atomic E-state index is 0.0278. The quantitative estimate of drug-likeness (QED) is 0.808. The van der Waals surface area contributed by atoms with Gasteiger partial charge in [0.1, 0.15) is 5.82 Å². The van der Waals surface area contributed by atoms with Gasteiger partial charge in [-0.15, -0.1) is 0 Å². The van der Waals surface area contributed by atoms with Crippen LogP contribution in [0.5, 0.6) is 0 Å². The van der Waals surface area contributed by atoms with Crippen LogP contribution in [-0.4, -0.2) is 66.4 Å². The SMILES string of the molecule is C[C@@H](C(=O)NCc1ccc(F)cc1)N1CCN([C@H]2CCCCNC2=O)CC1. The van der Waals surface area contributed by atoms with E-state index in [2.05, 4.69) is 20.4 Å². The molecule has 6 nitrogen and oxygen atoms in total. The summed E-state index contributed by atoms with van der Waals surface area (Å²) in [7, 11) is 0. The Kier molecular flexibility index (Phi) is 6.79. The van der Waals surface area contributed by atoms with Gasteiger partial charge in [0, 0.05) is 39.3 Å². The highest BCUT2D eigenvalue weighted by atomic mass is 19.1. The standard InChI is InChI=1S/C20H29FN4O2/c1-15(19(26)23-14-16-5-7-17(21)8-6-16)24-10-12-25(13-11-24)18-4-2-3-9-22-20(18)27/h5-8,15,18H,2-4,9-14H2,1H3,(H,22,27)(H,23,26)/t15-,18-/m0/s1. The highest BCUT2D eigenvalue weighted by Crippen LogP contribution is 2.16. The van der Waals surface area contributed by atoms with E-state index in [1.54, 1.807) is 12.1 Å². The zero-order chi connectivity index (χ0) is 19.2. The van der Waals surface area contributed by atoms with Crippen molar-refractivity contribution in [1.82, 2.24) is 20.4 Å². The van der Waals surface area contributed by atoms with Crippen LogP contribution in [0.25, 0.3) is 0 Å². The summed E-state index contributed by atoms with van der Waals surface area (Å²) >= 11 is 0. The van der Waals surface area contributed by atoms with Crippen molar-refractivity contribution < 1.29 is 14.0 Å². The summed E-state index contributed by atoms with van der Waals surface area (Å²) in [6, 6.07) is 5.89. The topological polar surface area (TPSA) is 64.7 Å². The number of nitrogens with one attached hydrogen (secondary N) is 2. The van der Waals surface area contributed by atoms with Crippen molar-refractivity contribution >= 4 is 11.8 Å². The number of hydrogen-bond acceptors (Lipinski definition) is 4. The molecule has 2 saturated heterocycles. The average Bonchev–Trinajstić information content (AvgIpc) is 2.91. The van der Waals surface area contributed by atoms with Gasteiger partial charge < -0.3 is 10.6 Å². The van der Waals surface area contributed by atoms with Crippen LogP contribution in [0.15, 0.2) is 24.3 Å². The Balaban J connectivity index is 1.45. The van der Waals surface area contributed by atoms with Gasteiger partial charge in [0.2, 0.25) is 11.8 Å². The molecule has 148 valence electrons. The Morgan fingerprint density at radius 2 is 1.93 bits per heavy atom. The molecule has 2 fully saturated rings. The first-order valence-corrected chi connectivity index (χ1v) is 9.82. The number of nitrogens with zero attached hydrogens (tertiary/aromatic N) is 2. The number of amides is 2. The molecule has 1 aromatic carbocycles. The summed E-state index contributed by atoms with van der Waals surface area (Å²) in [5.41, 5.74) is 0.876. The minimum atomic E-state index is -0.279. The third-order valence-electron chi connectivity index (χ3n) is 5.60. The Hall–Kier alpha value is -1.99. The Morgan fingerprint density at radius 3 is 2.63 bits per heavy atom. The van der Waals surface area contributed by atoms with Crippen LogP contribution in [0.2, 0.25) is 0 Å². The summed E-state index contributed by atoms with van der Waals surface area (Å²) in [5.74, 6) is -0.162. The molecule has 0 unspecified atom stereocenters. The van der Waals surface area contributed by atoms with Crippen molar-refractivity contribution in [2.75, 3.05) is 32.7 Å². The number of benzene rings is 1. The van der Waals surface area contributed by atoms with Gasteiger partial charge in [-0.3, -0.25) is 19.4 Å². The van der Waals surface area contributed by atoms with Gasteiger partial charge in [0.25, 0.3) is 0 Å². The maximum absolute atomic E-state index is 12.9. The fraction of sp³-hybridized carbons (Fsp3) is 0.600. The van der Waals surface area contributed by atoms with Crippen molar-refractivity contribution in [1.29, 1.82) is 0 Å². The molecule has 2 aliphatic heterocycles. The van der Waals surface area contributed by atoms with Crippen molar-refractivity contribution in [3.63, 3.8) is 0 Å². The first-order chi connectivity index (χ1) is 13.0. The van der Waals surface area contributed by atoms with Crippen LogP contribution >= 0.6 is 0 Å². The van der Waals surface area contributed by atoms with E-state index < -0.39 is 0 Å². The zero-order valence-electron chi connectivity index (χ0n) is 15.9. The first-order valence-electron chi connectivity index (χ1n) is 9.82. The van der Waals surface area contributed by atoms with Gasteiger partial charge in [-0.2, -0.15) is 0 Å². The van der Waals surface area contributed by atoms with Gasteiger partial charge >= 0.3 is 0 Å². The molecule has 2 amide bonds. The van der Waals surface area contributed by atoms with Crippen LogP contribution in [0, 0.1) is 5.82 Å². The van der Waals surface area contributed by atoms with E-state index in [4.69, 9.17) is 0 Å². The molecule has 0 aromatic heterocycles. The molecule has 7 heteroatoms. The molecule has 0 saturated carbocycles. The molecule has 0 bridgehead atoms. The lowest BCUT2D eigenvalue weighted by atomic mass is 10.1. The molecule has 2 atom stereocenters. The Labute approximate surface area is 160 Å². The summed E-state index contributed by atoms with van der Waals surface area (Å²) in [6.07, 6.45) is 3.04. The van der Waals surface area contributed by atoms with Crippen LogP contribution in [0.3, 0.4) is 0 Å². The number of rotatable bonds is 5. The predicted molar refractivity (Wildman–Crippen MR) is 102 cm³/mol. The normalized spacial score (nSPS) is 23.3. The highest BCUT2D eigenvalue weighted by molar-refractivity contribution is 5.82. The molecule has 0 spiro atoms. The predicted octanol–water partition coefficient (Wildman–Crippen LogP) is 1.12. The van der Waals surface area contributed by atoms with Gasteiger partial charge in [-0.25, -0.2) is 4.39 Å².